The second-order valence-corrected chi connectivity index (χ2v) is 6.54. The number of amides is 5. The summed E-state index contributed by atoms with van der Waals surface area (Å²) >= 11 is 0. The van der Waals surface area contributed by atoms with E-state index in [1.165, 1.54) is 0 Å². The third-order valence-electron chi connectivity index (χ3n) is 4.65. The summed E-state index contributed by atoms with van der Waals surface area (Å²) in [6, 6.07) is -2.26. The van der Waals surface area contributed by atoms with E-state index in [4.69, 9.17) is 4.74 Å². The van der Waals surface area contributed by atoms with Gasteiger partial charge in [0.25, 0.3) is 5.91 Å². The van der Waals surface area contributed by atoms with Crippen molar-refractivity contribution < 1.29 is 43.3 Å². The molecule has 0 spiro atoms. The molecule has 27 heavy (non-hydrogen) atoms. The molecule has 0 aliphatic carbocycles. The van der Waals surface area contributed by atoms with Gasteiger partial charge in [-0.15, -0.1) is 4.48 Å². The van der Waals surface area contributed by atoms with Crippen molar-refractivity contribution in [3.63, 3.8) is 0 Å². The lowest BCUT2D eigenvalue weighted by molar-refractivity contribution is -0.780. The summed E-state index contributed by atoms with van der Waals surface area (Å²) in [6.07, 6.45) is -2.58. The first kappa shape index (κ1) is 21.4. The number of carbonyl (C=O) groups excluding carboxylic acids is 3. The first-order valence-electron chi connectivity index (χ1n) is 8.83. The van der Waals surface area contributed by atoms with Crippen LogP contribution >= 0.6 is 0 Å². The number of urea groups is 2. The Kier molecular flexibility index (Phi) is 7.00. The monoisotopic (exact) mass is 390 g/mol. The lowest BCUT2D eigenvalue weighted by atomic mass is 10.1. The van der Waals surface area contributed by atoms with E-state index in [0.29, 0.717) is 12.6 Å². The van der Waals surface area contributed by atoms with E-state index in [1.807, 2.05) is 6.92 Å². The second-order valence-electron chi connectivity index (χ2n) is 6.54. The third-order valence-corrected chi connectivity index (χ3v) is 4.65. The van der Waals surface area contributed by atoms with E-state index in [0.717, 1.165) is 19.3 Å². The Morgan fingerprint density at radius 3 is 2.59 bits per heavy atom. The van der Waals surface area contributed by atoms with E-state index < -0.39 is 59.4 Å². The summed E-state index contributed by atoms with van der Waals surface area (Å²) < 4.78 is 17.7. The zero-order chi connectivity index (χ0) is 20.2. The van der Waals surface area contributed by atoms with Gasteiger partial charge in [-0.05, 0) is 6.42 Å². The maximum Gasteiger partial charge on any atom is 0.439 e. The first-order valence-corrected chi connectivity index (χ1v) is 8.83. The topological polar surface area (TPSA) is 145 Å². The Bertz CT molecular complexity index is 629. The number of imide groups is 2. The second kappa shape index (κ2) is 8.85. The highest BCUT2D eigenvalue weighted by molar-refractivity contribution is 6.05. The molecule has 0 aromatic rings. The van der Waals surface area contributed by atoms with Gasteiger partial charge < -0.3 is 25.4 Å². The molecule has 11 heteroatoms. The van der Waals surface area contributed by atoms with Crippen LogP contribution in [0.5, 0.6) is 0 Å². The number of nitrogens with zero attached hydrogens (tertiary/aromatic N) is 1. The van der Waals surface area contributed by atoms with Crippen LogP contribution in [0.3, 0.4) is 0 Å². The fraction of sp³-hybridized carbons (Fsp3) is 0.688. The molecule has 0 saturated carbocycles. The van der Waals surface area contributed by atoms with Crippen LogP contribution in [0.4, 0.5) is 14.0 Å². The molecule has 1 unspecified atom stereocenters. The minimum absolute atomic E-state index is 0.185. The van der Waals surface area contributed by atoms with Gasteiger partial charge in [0.05, 0.1) is 6.61 Å². The number of carbonyl (C=O) groups is 3. The average molecular weight is 390 g/mol. The van der Waals surface area contributed by atoms with Gasteiger partial charge in [-0.25, -0.2) is 14.9 Å². The van der Waals surface area contributed by atoms with Crippen molar-refractivity contribution in [2.45, 2.75) is 57.1 Å². The van der Waals surface area contributed by atoms with Gasteiger partial charge in [-0.2, -0.15) is 4.39 Å². The summed E-state index contributed by atoms with van der Waals surface area (Å²) in [6.45, 7) is 1.51. The molecule has 152 valence electrons. The van der Waals surface area contributed by atoms with Crippen LogP contribution < -0.4 is 10.6 Å². The van der Waals surface area contributed by atoms with Crippen LogP contribution in [-0.4, -0.2) is 75.5 Å². The van der Waals surface area contributed by atoms with Crippen molar-refractivity contribution in [1.82, 2.24) is 10.6 Å². The summed E-state index contributed by atoms with van der Waals surface area (Å²) in [5, 5.41) is 33.6. The molecule has 0 radical (unpaired) electrons. The largest absolute Gasteiger partial charge is 0.439 e. The fourth-order valence-corrected chi connectivity index (χ4v) is 3.10. The average Bonchev–Trinajstić information content (AvgIpc) is 2.93. The van der Waals surface area contributed by atoms with Crippen molar-refractivity contribution in [2.24, 2.45) is 0 Å². The SMILES string of the molecule is CCCCCCNC(=O)[N+]1([C@@H]2O[C@H](CO)[C@@H](O)[C@H]2O)C=C(F)C(=O)NC1=O. The molecule has 2 aliphatic heterocycles. The van der Waals surface area contributed by atoms with Crippen molar-refractivity contribution in [2.75, 3.05) is 13.2 Å². The van der Waals surface area contributed by atoms with Crippen molar-refractivity contribution in [3.8, 4) is 0 Å². The van der Waals surface area contributed by atoms with E-state index in [2.05, 4.69) is 5.32 Å². The summed E-state index contributed by atoms with van der Waals surface area (Å²) in [5.41, 5.74) is 0. The standard InChI is InChI=1S/C16H24FN3O7/c1-2-3-4-5-6-18-15(25)20(7-9(17)13(24)19-16(20)26)14-12(23)11(22)10(8-21)27-14/h7,10-12,14,21-23H,2-6,8H2,1H3,(H-,18,19,24,25,26)/p+1/t10-,11-,12-,14-,20?/m1/s1. The van der Waals surface area contributed by atoms with Gasteiger partial charge in [0, 0.05) is 6.54 Å². The Labute approximate surface area is 155 Å². The summed E-state index contributed by atoms with van der Waals surface area (Å²) in [4.78, 5) is 36.7. The van der Waals surface area contributed by atoms with Gasteiger partial charge in [0.15, 0.2) is 12.3 Å². The maximum atomic E-state index is 14.0. The predicted octanol–water partition coefficient (Wildman–Crippen LogP) is -0.407. The number of halogens is 1. The van der Waals surface area contributed by atoms with Crippen LogP contribution in [0.1, 0.15) is 32.6 Å². The molecule has 0 aromatic carbocycles. The number of unbranched alkanes of at least 4 members (excludes halogenated alkanes) is 3. The fourth-order valence-electron chi connectivity index (χ4n) is 3.10. The smallest absolute Gasteiger partial charge is 0.394 e. The van der Waals surface area contributed by atoms with E-state index in [9.17, 15) is 34.1 Å². The predicted molar refractivity (Wildman–Crippen MR) is 88.3 cm³/mol. The van der Waals surface area contributed by atoms with Gasteiger partial charge in [-0.3, -0.25) is 4.79 Å². The third kappa shape index (κ3) is 4.01. The van der Waals surface area contributed by atoms with Crippen LogP contribution in [0.25, 0.3) is 0 Å². The first-order chi connectivity index (χ1) is 12.8. The number of aliphatic hydroxyl groups excluding tert-OH is 3. The minimum atomic E-state index is -1.78. The number of aliphatic hydroxyl groups is 3. The number of quaternary nitrogens is 1. The van der Waals surface area contributed by atoms with E-state index >= 15 is 0 Å². The molecule has 1 saturated heterocycles. The van der Waals surface area contributed by atoms with Crippen LogP contribution in [0.15, 0.2) is 12.0 Å². The van der Waals surface area contributed by atoms with E-state index in [-0.39, 0.29) is 6.54 Å². The van der Waals surface area contributed by atoms with Crippen molar-refractivity contribution in [1.29, 1.82) is 0 Å². The molecule has 2 heterocycles. The maximum absolute atomic E-state index is 14.0. The van der Waals surface area contributed by atoms with Gasteiger partial charge in [-0.1, -0.05) is 26.2 Å². The highest BCUT2D eigenvalue weighted by Gasteiger charge is 2.63. The van der Waals surface area contributed by atoms with Crippen molar-refractivity contribution >= 4 is 18.0 Å². The number of rotatable bonds is 7. The number of ether oxygens (including phenoxy) is 1. The Balaban J connectivity index is 2.32. The molecule has 5 N–H and O–H groups in total. The molecule has 5 atom stereocenters. The Hall–Kier alpha value is -1.92. The quantitative estimate of drug-likeness (QED) is 0.294. The Morgan fingerprint density at radius 2 is 2.00 bits per heavy atom. The molecule has 5 amide bonds. The molecule has 2 rings (SSSR count). The summed E-state index contributed by atoms with van der Waals surface area (Å²) in [7, 11) is 0. The van der Waals surface area contributed by atoms with Gasteiger partial charge in [0.1, 0.15) is 12.2 Å². The molecule has 0 bridgehead atoms. The van der Waals surface area contributed by atoms with E-state index in [1.54, 1.807) is 5.32 Å². The van der Waals surface area contributed by atoms with Gasteiger partial charge >= 0.3 is 12.1 Å². The summed E-state index contributed by atoms with van der Waals surface area (Å²) in [5.74, 6) is -2.73. The molecule has 10 nitrogen and oxygen atoms in total. The lowest BCUT2D eigenvalue weighted by Crippen LogP contribution is -2.70. The molecule has 1 fully saturated rings. The van der Waals surface area contributed by atoms with Crippen LogP contribution in [0, 0.1) is 0 Å². The highest BCUT2D eigenvalue weighted by Crippen LogP contribution is 2.33. The van der Waals surface area contributed by atoms with Crippen molar-refractivity contribution in [3.05, 3.63) is 12.0 Å². The molecular formula is C16H25FN3O7+. The molecule has 2 aliphatic rings. The molecule has 0 aromatic heterocycles. The minimum Gasteiger partial charge on any atom is -0.394 e. The van der Waals surface area contributed by atoms with Crippen LogP contribution in [0.2, 0.25) is 0 Å². The number of nitrogens with one attached hydrogen (secondary N) is 2. The normalized spacial score (nSPS) is 33.6. The highest BCUT2D eigenvalue weighted by atomic mass is 19.1. The molecular weight excluding hydrogens is 365 g/mol. The number of hydrogen-bond acceptors (Lipinski definition) is 7. The Morgan fingerprint density at radius 1 is 1.30 bits per heavy atom. The number of hydrogen-bond donors (Lipinski definition) is 5. The zero-order valence-corrected chi connectivity index (χ0v) is 14.9. The lowest BCUT2D eigenvalue weighted by Gasteiger charge is -2.36. The zero-order valence-electron chi connectivity index (χ0n) is 14.9. The van der Waals surface area contributed by atoms with Gasteiger partial charge in [0.2, 0.25) is 12.1 Å². The van der Waals surface area contributed by atoms with Crippen LogP contribution in [-0.2, 0) is 9.53 Å².